The highest BCUT2D eigenvalue weighted by Crippen LogP contribution is 2.26. The maximum atomic E-state index is 12.0. The molecule has 2 aromatic rings. The molecule has 2 N–H and O–H groups in total. The molecule has 2 rings (SSSR count). The normalized spacial score (nSPS) is 10.4. The molecule has 0 unspecified atom stereocenters. The Morgan fingerprint density at radius 1 is 1.48 bits per heavy atom. The number of phenolic OH excluding ortho intramolecular Hbond substituents is 1. The van der Waals surface area contributed by atoms with Gasteiger partial charge in [0.1, 0.15) is 0 Å². The van der Waals surface area contributed by atoms with E-state index in [0.29, 0.717) is 0 Å². The third-order valence-corrected chi connectivity index (χ3v) is 3.78. The van der Waals surface area contributed by atoms with E-state index >= 15 is 0 Å². The molecule has 0 saturated carbocycles. The van der Waals surface area contributed by atoms with Gasteiger partial charge in [0.2, 0.25) is 0 Å². The first kappa shape index (κ1) is 14.9. The first-order valence-corrected chi connectivity index (χ1v) is 6.88. The van der Waals surface area contributed by atoms with Gasteiger partial charge in [-0.2, -0.15) is 0 Å². The fourth-order valence-corrected chi connectivity index (χ4v) is 2.65. The summed E-state index contributed by atoms with van der Waals surface area (Å²) in [6.45, 7) is 4.05. The van der Waals surface area contributed by atoms with Crippen LogP contribution < -0.4 is 5.32 Å². The highest BCUT2D eigenvalue weighted by molar-refractivity contribution is 7.11. The van der Waals surface area contributed by atoms with Crippen molar-refractivity contribution >= 4 is 22.9 Å². The number of benzene rings is 1. The number of nitrogens with zero attached hydrogens (tertiary/aromatic N) is 2. The monoisotopic (exact) mass is 307 g/mol. The fraction of sp³-hybridized carbons (Fsp3) is 0.231. The molecular formula is C13H13N3O4S. The Labute approximate surface area is 124 Å². The van der Waals surface area contributed by atoms with Gasteiger partial charge in [0.05, 0.1) is 22.2 Å². The zero-order chi connectivity index (χ0) is 15.6. The number of nitrogens with one attached hydrogen (secondary N) is 1. The van der Waals surface area contributed by atoms with Crippen molar-refractivity contribution in [1.29, 1.82) is 0 Å². The fourth-order valence-electron chi connectivity index (χ4n) is 1.81. The van der Waals surface area contributed by atoms with Gasteiger partial charge < -0.3 is 10.4 Å². The average Bonchev–Trinajstić information content (AvgIpc) is 2.74. The number of carbonyl (C=O) groups excluding carboxylic acids is 1. The number of thiazole rings is 1. The second-order valence-corrected chi connectivity index (χ2v) is 5.79. The van der Waals surface area contributed by atoms with Crippen LogP contribution in [0, 0.1) is 24.0 Å². The molecule has 7 nitrogen and oxygen atoms in total. The van der Waals surface area contributed by atoms with Crippen LogP contribution >= 0.6 is 11.3 Å². The van der Waals surface area contributed by atoms with Crippen molar-refractivity contribution in [1.82, 2.24) is 10.3 Å². The maximum absolute atomic E-state index is 12.0. The molecule has 0 spiro atoms. The van der Waals surface area contributed by atoms with E-state index in [1.54, 1.807) is 11.3 Å². The Morgan fingerprint density at radius 3 is 2.76 bits per heavy atom. The SMILES string of the molecule is Cc1nc(CNC(=O)c2ccc(O)c([N+](=O)[O-])c2)c(C)s1. The van der Waals surface area contributed by atoms with Crippen molar-refractivity contribution in [3.63, 3.8) is 0 Å². The minimum absolute atomic E-state index is 0.115. The lowest BCUT2D eigenvalue weighted by atomic mass is 10.1. The highest BCUT2D eigenvalue weighted by atomic mass is 32.1. The number of rotatable bonds is 4. The molecule has 1 heterocycles. The van der Waals surface area contributed by atoms with Crippen molar-refractivity contribution < 1.29 is 14.8 Å². The van der Waals surface area contributed by atoms with Gasteiger partial charge in [0.15, 0.2) is 5.75 Å². The number of phenols is 1. The molecule has 0 bridgehead atoms. The standard InChI is InChI=1S/C13H13N3O4S/c1-7-10(15-8(2)21-7)6-14-13(18)9-3-4-12(17)11(5-9)16(19)20/h3-5,17H,6H2,1-2H3,(H,14,18). The predicted octanol–water partition coefficient (Wildman–Crippen LogP) is 2.30. The highest BCUT2D eigenvalue weighted by Gasteiger charge is 2.17. The van der Waals surface area contributed by atoms with Gasteiger partial charge in [0, 0.05) is 16.5 Å². The Kier molecular flexibility index (Phi) is 4.18. The first-order valence-electron chi connectivity index (χ1n) is 6.07. The number of aromatic nitrogens is 1. The number of nitro benzene ring substituents is 1. The average molecular weight is 307 g/mol. The summed E-state index contributed by atoms with van der Waals surface area (Å²) in [5, 5.41) is 23.7. The number of nitro groups is 1. The molecule has 110 valence electrons. The number of aromatic hydroxyl groups is 1. The van der Waals surface area contributed by atoms with Crippen LogP contribution in [0.4, 0.5) is 5.69 Å². The van der Waals surface area contributed by atoms with Crippen LogP contribution in [0.3, 0.4) is 0 Å². The van der Waals surface area contributed by atoms with E-state index < -0.39 is 22.3 Å². The quantitative estimate of drug-likeness (QED) is 0.666. The van der Waals surface area contributed by atoms with Crippen molar-refractivity contribution in [3.8, 4) is 5.75 Å². The van der Waals surface area contributed by atoms with E-state index in [1.807, 2.05) is 13.8 Å². The molecule has 0 saturated heterocycles. The third kappa shape index (κ3) is 3.34. The smallest absolute Gasteiger partial charge is 0.311 e. The predicted molar refractivity (Wildman–Crippen MR) is 77.5 cm³/mol. The summed E-state index contributed by atoms with van der Waals surface area (Å²) in [5.74, 6) is -0.925. The molecule has 0 aliphatic rings. The molecule has 0 radical (unpaired) electrons. The number of hydrogen-bond donors (Lipinski definition) is 2. The van der Waals surface area contributed by atoms with Crippen LogP contribution in [0.25, 0.3) is 0 Å². The lowest BCUT2D eigenvalue weighted by Gasteiger charge is -2.05. The zero-order valence-corrected chi connectivity index (χ0v) is 12.2. The number of aryl methyl sites for hydroxylation is 2. The summed E-state index contributed by atoms with van der Waals surface area (Å²) >= 11 is 1.54. The van der Waals surface area contributed by atoms with Gasteiger partial charge in [-0.1, -0.05) is 0 Å². The molecule has 1 amide bonds. The van der Waals surface area contributed by atoms with E-state index in [9.17, 15) is 20.0 Å². The second-order valence-electron chi connectivity index (χ2n) is 4.38. The maximum Gasteiger partial charge on any atom is 0.311 e. The molecule has 0 aliphatic carbocycles. The van der Waals surface area contributed by atoms with E-state index in [-0.39, 0.29) is 12.1 Å². The largest absolute Gasteiger partial charge is 0.502 e. The molecule has 0 fully saturated rings. The van der Waals surface area contributed by atoms with Gasteiger partial charge in [-0.05, 0) is 26.0 Å². The zero-order valence-electron chi connectivity index (χ0n) is 11.4. The minimum atomic E-state index is -0.736. The van der Waals surface area contributed by atoms with Gasteiger partial charge in [-0.25, -0.2) is 4.98 Å². The summed E-state index contributed by atoms with van der Waals surface area (Å²) in [6.07, 6.45) is 0. The summed E-state index contributed by atoms with van der Waals surface area (Å²) in [5.41, 5.74) is 0.395. The third-order valence-electron chi connectivity index (χ3n) is 2.85. The molecule has 1 aromatic heterocycles. The number of carbonyl (C=O) groups is 1. The Bertz CT molecular complexity index is 711. The van der Waals surface area contributed by atoms with Crippen molar-refractivity contribution in [2.24, 2.45) is 0 Å². The van der Waals surface area contributed by atoms with Crippen LogP contribution in [0.1, 0.15) is 25.9 Å². The molecular weight excluding hydrogens is 294 g/mol. The van der Waals surface area contributed by atoms with Crippen LogP contribution in [0.5, 0.6) is 5.75 Å². The summed E-state index contributed by atoms with van der Waals surface area (Å²) in [4.78, 5) is 27.3. The van der Waals surface area contributed by atoms with Crippen LogP contribution in [0.15, 0.2) is 18.2 Å². The molecule has 21 heavy (non-hydrogen) atoms. The molecule has 8 heteroatoms. The molecule has 0 atom stereocenters. The molecule has 0 aliphatic heterocycles. The minimum Gasteiger partial charge on any atom is -0.502 e. The van der Waals surface area contributed by atoms with E-state index in [0.717, 1.165) is 27.7 Å². The summed E-state index contributed by atoms with van der Waals surface area (Å²) in [7, 11) is 0. The summed E-state index contributed by atoms with van der Waals surface area (Å²) < 4.78 is 0. The van der Waals surface area contributed by atoms with Gasteiger partial charge >= 0.3 is 5.69 Å². The van der Waals surface area contributed by atoms with Crippen LogP contribution in [-0.2, 0) is 6.54 Å². The lowest BCUT2D eigenvalue weighted by molar-refractivity contribution is -0.385. The Hall–Kier alpha value is -2.48. The van der Waals surface area contributed by atoms with Gasteiger partial charge in [0.25, 0.3) is 5.91 Å². The van der Waals surface area contributed by atoms with Crippen molar-refractivity contribution in [3.05, 3.63) is 49.5 Å². The van der Waals surface area contributed by atoms with E-state index in [2.05, 4.69) is 10.3 Å². The first-order chi connectivity index (χ1) is 9.88. The topological polar surface area (TPSA) is 105 Å². The number of hydrogen-bond acceptors (Lipinski definition) is 6. The van der Waals surface area contributed by atoms with Crippen molar-refractivity contribution in [2.45, 2.75) is 20.4 Å². The van der Waals surface area contributed by atoms with Crippen molar-refractivity contribution in [2.75, 3.05) is 0 Å². The lowest BCUT2D eigenvalue weighted by Crippen LogP contribution is -2.23. The van der Waals surface area contributed by atoms with Crippen LogP contribution in [-0.4, -0.2) is 20.9 Å². The second kappa shape index (κ2) is 5.88. The van der Waals surface area contributed by atoms with Crippen LogP contribution in [0.2, 0.25) is 0 Å². The van der Waals surface area contributed by atoms with E-state index in [1.165, 1.54) is 6.07 Å². The van der Waals surface area contributed by atoms with Gasteiger partial charge in [-0.15, -0.1) is 11.3 Å². The number of amides is 1. The van der Waals surface area contributed by atoms with Gasteiger partial charge in [-0.3, -0.25) is 14.9 Å². The summed E-state index contributed by atoms with van der Waals surface area (Å²) in [6, 6.07) is 3.51. The van der Waals surface area contributed by atoms with E-state index in [4.69, 9.17) is 0 Å². The Morgan fingerprint density at radius 2 is 2.19 bits per heavy atom. The molecule has 1 aromatic carbocycles. The Balaban J connectivity index is 2.12.